The molecular formula is C11H13F3N2O. The second-order valence-electron chi connectivity index (χ2n) is 3.61. The maximum Gasteiger partial charge on any atom is 0.397 e. The lowest BCUT2D eigenvalue weighted by atomic mass is 10.1. The van der Waals surface area contributed by atoms with Gasteiger partial charge in [0.05, 0.1) is 0 Å². The van der Waals surface area contributed by atoms with E-state index in [1.807, 2.05) is 6.92 Å². The van der Waals surface area contributed by atoms with Gasteiger partial charge < -0.3 is 11.1 Å². The zero-order valence-corrected chi connectivity index (χ0v) is 9.27. The third-order valence-electron chi connectivity index (χ3n) is 2.17. The van der Waals surface area contributed by atoms with E-state index in [2.05, 4.69) is 5.32 Å². The Hall–Kier alpha value is -1.72. The summed E-state index contributed by atoms with van der Waals surface area (Å²) in [7, 11) is 0. The number of benzene rings is 1. The lowest BCUT2D eigenvalue weighted by Gasteiger charge is -2.09. The summed E-state index contributed by atoms with van der Waals surface area (Å²) >= 11 is 0. The average Bonchev–Trinajstić information content (AvgIpc) is 2.14. The first-order valence-corrected chi connectivity index (χ1v) is 5.07. The second kappa shape index (κ2) is 5.07. The van der Waals surface area contributed by atoms with Gasteiger partial charge in [0.2, 0.25) is 5.91 Å². The van der Waals surface area contributed by atoms with Crippen LogP contribution in [0, 0.1) is 0 Å². The van der Waals surface area contributed by atoms with Crippen LogP contribution in [0.15, 0.2) is 18.2 Å². The molecule has 0 bridgehead atoms. The smallest absolute Gasteiger partial charge is 0.397 e. The Morgan fingerprint density at radius 3 is 2.53 bits per heavy atom. The van der Waals surface area contributed by atoms with Gasteiger partial charge >= 0.3 is 6.18 Å². The molecular weight excluding hydrogens is 233 g/mol. The van der Waals surface area contributed by atoms with Crippen molar-refractivity contribution in [3.8, 4) is 0 Å². The van der Waals surface area contributed by atoms with Crippen molar-refractivity contribution in [1.29, 1.82) is 0 Å². The van der Waals surface area contributed by atoms with Crippen LogP contribution >= 0.6 is 0 Å². The molecule has 94 valence electrons. The fourth-order valence-corrected chi connectivity index (χ4v) is 1.38. The van der Waals surface area contributed by atoms with E-state index in [0.717, 1.165) is 12.0 Å². The SMILES string of the molecule is CCc1ccc(NC(=O)CC(F)(F)F)cc1N. The van der Waals surface area contributed by atoms with Gasteiger partial charge in [0.15, 0.2) is 0 Å². The largest absolute Gasteiger partial charge is 0.398 e. The van der Waals surface area contributed by atoms with Gasteiger partial charge in [0.25, 0.3) is 0 Å². The van der Waals surface area contributed by atoms with Gasteiger partial charge in [-0.15, -0.1) is 0 Å². The normalized spacial score (nSPS) is 11.3. The summed E-state index contributed by atoms with van der Waals surface area (Å²) in [5, 5.41) is 2.15. The molecule has 0 radical (unpaired) electrons. The molecule has 6 heteroatoms. The van der Waals surface area contributed by atoms with Crippen molar-refractivity contribution in [3.05, 3.63) is 23.8 Å². The van der Waals surface area contributed by atoms with E-state index in [-0.39, 0.29) is 5.69 Å². The monoisotopic (exact) mass is 246 g/mol. The summed E-state index contributed by atoms with van der Waals surface area (Å²) in [6.45, 7) is 1.91. The zero-order chi connectivity index (χ0) is 13.1. The molecule has 1 aromatic carbocycles. The molecule has 1 amide bonds. The second-order valence-corrected chi connectivity index (χ2v) is 3.61. The lowest BCUT2D eigenvalue weighted by molar-refractivity contribution is -0.150. The van der Waals surface area contributed by atoms with Crippen molar-refractivity contribution in [3.63, 3.8) is 0 Å². The average molecular weight is 246 g/mol. The molecule has 0 heterocycles. The number of aryl methyl sites for hydroxylation is 1. The van der Waals surface area contributed by atoms with Crippen LogP contribution < -0.4 is 11.1 Å². The van der Waals surface area contributed by atoms with Crippen molar-refractivity contribution < 1.29 is 18.0 Å². The Morgan fingerprint density at radius 1 is 1.41 bits per heavy atom. The number of nitrogens with two attached hydrogens (primary N) is 1. The van der Waals surface area contributed by atoms with Gasteiger partial charge in [-0.3, -0.25) is 4.79 Å². The van der Waals surface area contributed by atoms with Crippen molar-refractivity contribution in [2.75, 3.05) is 11.1 Å². The number of anilines is 2. The van der Waals surface area contributed by atoms with Crippen LogP contribution in [-0.2, 0) is 11.2 Å². The van der Waals surface area contributed by atoms with Crippen LogP contribution in [0.4, 0.5) is 24.5 Å². The highest BCUT2D eigenvalue weighted by atomic mass is 19.4. The molecule has 0 spiro atoms. The molecule has 3 N–H and O–H groups in total. The number of alkyl halides is 3. The summed E-state index contributed by atoms with van der Waals surface area (Å²) in [4.78, 5) is 11.0. The Bertz CT molecular complexity index is 416. The minimum atomic E-state index is -4.50. The number of hydrogen-bond donors (Lipinski definition) is 2. The highest BCUT2D eigenvalue weighted by Gasteiger charge is 2.31. The number of hydrogen-bond acceptors (Lipinski definition) is 2. The van der Waals surface area contributed by atoms with Gasteiger partial charge in [-0.05, 0) is 24.1 Å². The van der Waals surface area contributed by atoms with Gasteiger partial charge in [-0.25, -0.2) is 0 Å². The zero-order valence-electron chi connectivity index (χ0n) is 9.27. The van der Waals surface area contributed by atoms with Crippen LogP contribution in [0.5, 0.6) is 0 Å². The molecule has 0 unspecified atom stereocenters. The van der Waals surface area contributed by atoms with E-state index in [4.69, 9.17) is 5.73 Å². The van der Waals surface area contributed by atoms with E-state index in [9.17, 15) is 18.0 Å². The molecule has 0 aromatic heterocycles. The fourth-order valence-electron chi connectivity index (χ4n) is 1.38. The summed E-state index contributed by atoms with van der Waals surface area (Å²) in [5.41, 5.74) is 7.28. The first-order valence-electron chi connectivity index (χ1n) is 5.07. The summed E-state index contributed by atoms with van der Waals surface area (Å²) in [5.74, 6) is -1.10. The Morgan fingerprint density at radius 2 is 2.06 bits per heavy atom. The van der Waals surface area contributed by atoms with Crippen molar-refractivity contribution in [2.24, 2.45) is 0 Å². The number of carbonyl (C=O) groups excluding carboxylic acids is 1. The fraction of sp³-hybridized carbons (Fsp3) is 0.364. The first kappa shape index (κ1) is 13.3. The van der Waals surface area contributed by atoms with E-state index in [1.165, 1.54) is 12.1 Å². The maximum atomic E-state index is 11.9. The number of amides is 1. The van der Waals surface area contributed by atoms with Gasteiger partial charge in [0, 0.05) is 11.4 Å². The van der Waals surface area contributed by atoms with Crippen molar-refractivity contribution in [2.45, 2.75) is 25.9 Å². The molecule has 17 heavy (non-hydrogen) atoms. The Kier molecular flexibility index (Phi) is 3.98. The van der Waals surface area contributed by atoms with Gasteiger partial charge in [-0.1, -0.05) is 13.0 Å². The number of nitrogens with one attached hydrogen (secondary N) is 1. The van der Waals surface area contributed by atoms with Crippen LogP contribution in [0.25, 0.3) is 0 Å². The van der Waals surface area contributed by atoms with E-state index < -0.39 is 18.5 Å². The molecule has 0 saturated carbocycles. The summed E-state index contributed by atoms with van der Waals surface area (Å²) < 4.78 is 35.8. The van der Waals surface area contributed by atoms with Crippen LogP contribution in [-0.4, -0.2) is 12.1 Å². The van der Waals surface area contributed by atoms with Crippen molar-refractivity contribution >= 4 is 17.3 Å². The third-order valence-corrected chi connectivity index (χ3v) is 2.17. The maximum absolute atomic E-state index is 11.9. The molecule has 3 nitrogen and oxygen atoms in total. The topological polar surface area (TPSA) is 55.1 Å². The van der Waals surface area contributed by atoms with Gasteiger partial charge in [0.1, 0.15) is 6.42 Å². The van der Waals surface area contributed by atoms with E-state index >= 15 is 0 Å². The standard InChI is InChI=1S/C11H13F3N2O/c1-2-7-3-4-8(5-9(7)15)16-10(17)6-11(12,13)14/h3-5H,2,6,15H2,1H3,(H,16,17). The molecule has 0 aliphatic rings. The minimum Gasteiger partial charge on any atom is -0.398 e. The minimum absolute atomic E-state index is 0.272. The third kappa shape index (κ3) is 4.34. The van der Waals surface area contributed by atoms with Crippen LogP contribution in [0.1, 0.15) is 18.9 Å². The van der Waals surface area contributed by atoms with Gasteiger partial charge in [-0.2, -0.15) is 13.2 Å². The van der Waals surface area contributed by atoms with Crippen LogP contribution in [0.2, 0.25) is 0 Å². The number of carbonyl (C=O) groups is 1. The van der Waals surface area contributed by atoms with E-state index in [0.29, 0.717) is 5.69 Å². The highest BCUT2D eigenvalue weighted by Crippen LogP contribution is 2.22. The quantitative estimate of drug-likeness (QED) is 0.806. The lowest BCUT2D eigenvalue weighted by Crippen LogP contribution is -2.21. The predicted molar refractivity (Wildman–Crippen MR) is 59.5 cm³/mol. The van der Waals surface area contributed by atoms with Crippen LogP contribution in [0.3, 0.4) is 0 Å². The van der Waals surface area contributed by atoms with Crippen molar-refractivity contribution in [1.82, 2.24) is 0 Å². The number of halogens is 3. The molecule has 0 saturated heterocycles. The van der Waals surface area contributed by atoms with E-state index in [1.54, 1.807) is 6.07 Å². The highest BCUT2D eigenvalue weighted by molar-refractivity contribution is 5.91. The molecule has 1 rings (SSSR count). The number of rotatable bonds is 3. The summed E-state index contributed by atoms with van der Waals surface area (Å²) in [6, 6.07) is 4.66. The summed E-state index contributed by atoms with van der Waals surface area (Å²) in [6.07, 6.45) is -5.27. The molecule has 0 atom stereocenters. The predicted octanol–water partition coefficient (Wildman–Crippen LogP) is 2.72. The molecule has 1 aromatic rings. The Balaban J connectivity index is 2.69. The molecule has 0 fully saturated rings. The Labute approximate surface area is 96.8 Å². The molecule has 0 aliphatic carbocycles. The molecule has 0 aliphatic heterocycles. The number of nitrogen functional groups attached to an aromatic ring is 1. The first-order chi connectivity index (χ1) is 7.81.